The number of rotatable bonds is 11. The largest absolute Gasteiger partial charge is 0.456 e. The fourth-order valence-corrected chi connectivity index (χ4v) is 10.2. The predicted molar refractivity (Wildman–Crippen MR) is 223 cm³/mol. The summed E-state index contributed by atoms with van der Waals surface area (Å²) in [6.45, 7) is 9.70. The van der Waals surface area contributed by atoms with Gasteiger partial charge in [0.1, 0.15) is 28.7 Å². The molecule has 0 radical (unpaired) electrons. The van der Waals surface area contributed by atoms with Crippen LogP contribution in [0.4, 0.5) is 0 Å². The highest BCUT2D eigenvalue weighted by molar-refractivity contribution is 9.12. The van der Waals surface area contributed by atoms with Crippen molar-refractivity contribution in [2.45, 2.75) is 125 Å². The van der Waals surface area contributed by atoms with Gasteiger partial charge in [0.25, 0.3) is 0 Å². The van der Waals surface area contributed by atoms with Crippen LogP contribution in [0.5, 0.6) is 0 Å². The van der Waals surface area contributed by atoms with Crippen molar-refractivity contribution >= 4 is 67.4 Å². The molecule has 13 atom stereocenters. The first kappa shape index (κ1) is 46.5. The molecule has 1 unspecified atom stereocenters. The zero-order valence-electron chi connectivity index (χ0n) is 34.8. The second kappa shape index (κ2) is 17.3. The van der Waals surface area contributed by atoms with Gasteiger partial charge in [-0.25, -0.2) is 9.59 Å². The molecule has 4 aliphatic rings. The number of ketones is 1. The van der Waals surface area contributed by atoms with Crippen molar-refractivity contribution in [3.8, 4) is 0 Å². The molecule has 15 nitrogen and oxygen atoms in total. The molecule has 2 bridgehead atoms. The van der Waals surface area contributed by atoms with Crippen molar-refractivity contribution in [2.24, 2.45) is 16.7 Å². The summed E-state index contributed by atoms with van der Waals surface area (Å²) in [5.74, 6) is -6.80. The molecule has 0 spiro atoms. The van der Waals surface area contributed by atoms with Gasteiger partial charge in [-0.3, -0.25) is 19.2 Å². The van der Waals surface area contributed by atoms with E-state index in [0.717, 1.165) is 13.8 Å². The lowest BCUT2D eigenvalue weighted by Crippen LogP contribution is -2.82. The first-order valence-electron chi connectivity index (χ1n) is 19.9. The number of hydrogen-bond donors (Lipinski definition) is 4. The molecule has 3 fully saturated rings. The number of Topliss-reactive ketones (excluding diaryl/α,β-unsaturated/α-hetero) is 1. The highest BCUT2D eigenvalue weighted by atomic mass is 79.9. The fourth-order valence-electron chi connectivity index (χ4n) is 9.81. The van der Waals surface area contributed by atoms with E-state index >= 15 is 4.79 Å². The molecule has 4 N–H and O–H groups in total. The van der Waals surface area contributed by atoms with Gasteiger partial charge in [0.2, 0.25) is 5.91 Å². The molecule has 2 saturated carbocycles. The summed E-state index contributed by atoms with van der Waals surface area (Å²) in [6, 6.07) is 14.8. The standard InChI is InChI=1S/C44H51Br2NO14/c1-21-27(59-40(55)33(51)32(25-14-10-8-11-15-25)47-38(53)31(46)22(2)45)19-44(56)37(60-39(54)26-16-12-9-13-17-26)35-42(7,28(50)18-29-43(35,20-57-29)61-24(4)49)36(52)34(58-23(3)48)30(21)41(44,5)6/h8-17,22,27-29,31-35,37,50-51,56H,18-20H2,1-7H3,(H,47,53)/t22-,27+,28+,29-,31-,32+,33-,34-,35?,37+,42-,43+,44-/m1/s1. The van der Waals surface area contributed by atoms with E-state index in [9.17, 15) is 39.3 Å². The summed E-state index contributed by atoms with van der Waals surface area (Å²) in [7, 11) is 0. The van der Waals surface area contributed by atoms with Crippen LogP contribution in [0, 0.1) is 16.7 Å². The molecule has 17 heteroatoms. The first-order chi connectivity index (χ1) is 28.5. The van der Waals surface area contributed by atoms with E-state index in [2.05, 4.69) is 37.2 Å². The molecular weight excluding hydrogens is 926 g/mol. The lowest BCUT2D eigenvalue weighted by molar-refractivity contribution is -0.346. The van der Waals surface area contributed by atoms with Gasteiger partial charge in [-0.1, -0.05) is 101 Å². The molecule has 2 aromatic rings. The van der Waals surface area contributed by atoms with Gasteiger partial charge in [0.15, 0.2) is 23.6 Å². The average molecular weight is 978 g/mol. The van der Waals surface area contributed by atoms with Crippen molar-refractivity contribution in [2.75, 3.05) is 6.61 Å². The van der Waals surface area contributed by atoms with Gasteiger partial charge in [0, 0.05) is 36.9 Å². The maximum Gasteiger partial charge on any atom is 0.338 e. The topological polar surface area (TPSA) is 221 Å². The van der Waals surface area contributed by atoms with Crippen LogP contribution in [0.1, 0.15) is 83.3 Å². The van der Waals surface area contributed by atoms with Crippen molar-refractivity contribution in [3.63, 3.8) is 0 Å². The van der Waals surface area contributed by atoms with E-state index < -0.39 is 117 Å². The second-order valence-electron chi connectivity index (χ2n) is 17.1. The van der Waals surface area contributed by atoms with Gasteiger partial charge >= 0.3 is 23.9 Å². The van der Waals surface area contributed by atoms with Crippen molar-refractivity contribution in [1.29, 1.82) is 0 Å². The number of hydrogen-bond acceptors (Lipinski definition) is 14. The van der Waals surface area contributed by atoms with Gasteiger partial charge in [0.05, 0.1) is 35.6 Å². The van der Waals surface area contributed by atoms with E-state index in [1.165, 1.54) is 26.0 Å². The molecule has 0 aromatic heterocycles. The number of carbonyl (C=O) groups is 6. The van der Waals surface area contributed by atoms with Crippen LogP contribution >= 0.6 is 31.9 Å². The summed E-state index contributed by atoms with van der Waals surface area (Å²) >= 11 is 6.69. The SMILES string of the molecule is CC(=O)O[C@H]1C(=O)[C@@]2(C)C([C@H](OC(=O)c3ccccc3)[C@]3(O)C[C@H](OC(=O)[C@H](O)[C@@H](NC(=O)[C@H](Br)[C@@H](C)Br)c4ccccc4)C(C)=C1C3(C)C)[C@]1(OC(C)=O)CO[C@@H]1C[C@@H]2O. The molecule has 6 rings (SSSR count). The maximum atomic E-state index is 15.5. The number of carbonyl (C=O) groups excluding carboxylic acids is 6. The van der Waals surface area contributed by atoms with E-state index in [1.54, 1.807) is 69.3 Å². The van der Waals surface area contributed by atoms with Crippen LogP contribution in [0.25, 0.3) is 0 Å². The Balaban J connectivity index is 1.54. The Bertz CT molecular complexity index is 2100. The highest BCUT2D eigenvalue weighted by Gasteiger charge is 2.78. The Kier molecular flexibility index (Phi) is 13.2. The molecule has 1 amide bonds. The van der Waals surface area contributed by atoms with Gasteiger partial charge in [-0.05, 0) is 42.7 Å². The van der Waals surface area contributed by atoms with Gasteiger partial charge in [-0.15, -0.1) is 0 Å². The summed E-state index contributed by atoms with van der Waals surface area (Å²) in [5.41, 5.74) is -7.27. The van der Waals surface area contributed by atoms with E-state index in [1.807, 2.05) is 0 Å². The molecule has 3 aliphatic carbocycles. The average Bonchev–Trinajstić information content (AvgIpc) is 3.20. The van der Waals surface area contributed by atoms with Crippen LogP contribution in [0.15, 0.2) is 71.8 Å². The summed E-state index contributed by atoms with van der Waals surface area (Å²) < 4.78 is 30.2. The lowest BCUT2D eigenvalue weighted by atomic mass is 9.44. The Hall–Kier alpha value is -4.00. The van der Waals surface area contributed by atoms with Crippen LogP contribution in [0.3, 0.4) is 0 Å². The Morgan fingerprint density at radius 3 is 2.07 bits per heavy atom. The van der Waals surface area contributed by atoms with Crippen LogP contribution in [-0.2, 0) is 47.7 Å². The Morgan fingerprint density at radius 1 is 0.918 bits per heavy atom. The summed E-state index contributed by atoms with van der Waals surface area (Å²) in [5, 5.41) is 40.1. The minimum absolute atomic E-state index is 0.00348. The highest BCUT2D eigenvalue weighted by Crippen LogP contribution is 2.64. The monoisotopic (exact) mass is 975 g/mol. The fraction of sp³-hybridized carbons (Fsp3) is 0.545. The molecule has 61 heavy (non-hydrogen) atoms. The normalized spacial score (nSPS) is 33.3. The zero-order chi connectivity index (χ0) is 45.0. The van der Waals surface area contributed by atoms with Crippen molar-refractivity contribution in [3.05, 3.63) is 82.9 Å². The first-order valence-corrected chi connectivity index (χ1v) is 21.8. The smallest absolute Gasteiger partial charge is 0.338 e. The number of halogens is 2. The lowest BCUT2D eigenvalue weighted by Gasteiger charge is -2.67. The van der Waals surface area contributed by atoms with E-state index in [0.29, 0.717) is 5.56 Å². The number of ether oxygens (including phenoxy) is 5. The molecule has 1 saturated heterocycles. The number of alkyl halides is 2. The minimum atomic E-state index is -2.39. The Labute approximate surface area is 370 Å². The molecule has 1 heterocycles. The quantitative estimate of drug-likeness (QED) is 0.108. The zero-order valence-corrected chi connectivity index (χ0v) is 37.9. The minimum Gasteiger partial charge on any atom is -0.456 e. The number of amides is 1. The summed E-state index contributed by atoms with van der Waals surface area (Å²) in [6.07, 6.45) is -10.5. The molecule has 330 valence electrons. The Morgan fingerprint density at radius 2 is 1.52 bits per heavy atom. The van der Waals surface area contributed by atoms with E-state index in [4.69, 9.17) is 23.7 Å². The third-order valence-corrected chi connectivity index (χ3v) is 15.6. The van der Waals surface area contributed by atoms with Crippen LogP contribution in [-0.4, -0.2) is 115 Å². The van der Waals surface area contributed by atoms with Crippen molar-refractivity contribution in [1.82, 2.24) is 5.32 Å². The number of fused-ring (bicyclic) bond motifs is 5. The second-order valence-corrected chi connectivity index (χ2v) is 19.5. The number of esters is 4. The number of aliphatic hydroxyl groups excluding tert-OH is 2. The van der Waals surface area contributed by atoms with Crippen molar-refractivity contribution < 1.29 is 67.8 Å². The molecule has 2 aromatic carbocycles. The number of nitrogens with one attached hydrogen (secondary N) is 1. The number of aliphatic hydroxyl groups is 3. The van der Waals surface area contributed by atoms with Gasteiger partial charge in [-0.2, -0.15) is 0 Å². The van der Waals surface area contributed by atoms with E-state index in [-0.39, 0.29) is 34.6 Å². The summed E-state index contributed by atoms with van der Waals surface area (Å²) in [4.78, 5) is 82.1. The van der Waals surface area contributed by atoms with Crippen LogP contribution < -0.4 is 5.32 Å². The maximum absolute atomic E-state index is 15.5. The predicted octanol–water partition coefficient (Wildman–Crippen LogP) is 3.97. The third kappa shape index (κ3) is 7.99. The van der Waals surface area contributed by atoms with Gasteiger partial charge < -0.3 is 44.3 Å². The van der Waals surface area contributed by atoms with Crippen LogP contribution in [0.2, 0.25) is 0 Å². The molecule has 1 aliphatic heterocycles. The molecular formula is C44H51Br2NO14. The third-order valence-electron chi connectivity index (χ3n) is 13.1. The number of benzene rings is 2.